The lowest BCUT2D eigenvalue weighted by atomic mass is 10.2. The highest BCUT2D eigenvalue weighted by molar-refractivity contribution is 9.10. The van der Waals surface area contributed by atoms with E-state index in [-0.39, 0.29) is 22.7 Å². The zero-order valence-corrected chi connectivity index (χ0v) is 17.3. The molecule has 3 rings (SSSR count). The van der Waals surface area contributed by atoms with Crippen LogP contribution in [0.5, 0.6) is 0 Å². The van der Waals surface area contributed by atoms with Crippen molar-refractivity contribution >= 4 is 50.3 Å². The topological polar surface area (TPSA) is 86.0 Å². The van der Waals surface area contributed by atoms with Gasteiger partial charge in [0.05, 0.1) is 23.0 Å². The molecule has 0 aliphatic heterocycles. The molecule has 1 N–H and O–H groups in total. The average Bonchev–Trinajstić information content (AvgIpc) is 2.64. The number of nitrogens with one attached hydrogen (secondary N) is 1. The van der Waals surface area contributed by atoms with Gasteiger partial charge in [-0.05, 0) is 36.8 Å². The van der Waals surface area contributed by atoms with Crippen molar-refractivity contribution in [2.45, 2.75) is 11.8 Å². The Labute approximate surface area is 167 Å². The van der Waals surface area contributed by atoms with Crippen LogP contribution < -0.4 is 16.6 Å². The highest BCUT2D eigenvalue weighted by atomic mass is 79.9. The molecule has 140 valence electrons. The van der Waals surface area contributed by atoms with Crippen LogP contribution in [0.4, 0.5) is 5.69 Å². The van der Waals surface area contributed by atoms with Gasteiger partial charge in [0.1, 0.15) is 5.65 Å². The van der Waals surface area contributed by atoms with E-state index in [1.54, 1.807) is 7.05 Å². The molecule has 1 aromatic carbocycles. The molecule has 27 heavy (non-hydrogen) atoms. The predicted molar refractivity (Wildman–Crippen MR) is 110 cm³/mol. The number of carbonyl (C=O) groups excluding carboxylic acids is 1. The van der Waals surface area contributed by atoms with Gasteiger partial charge >= 0.3 is 5.69 Å². The van der Waals surface area contributed by atoms with Crippen LogP contribution in [0.1, 0.15) is 5.56 Å². The lowest BCUT2D eigenvalue weighted by Crippen LogP contribution is -2.37. The number of halogens is 1. The monoisotopic (exact) mass is 448 g/mol. The smallest absolute Gasteiger partial charge is 0.324 e. The summed E-state index contributed by atoms with van der Waals surface area (Å²) in [6.45, 7) is 1.98. The van der Waals surface area contributed by atoms with Crippen molar-refractivity contribution < 1.29 is 4.79 Å². The summed E-state index contributed by atoms with van der Waals surface area (Å²) in [4.78, 5) is 41.7. The minimum Gasteiger partial charge on any atom is -0.324 e. The molecule has 1 amide bonds. The molecule has 0 saturated carbocycles. The summed E-state index contributed by atoms with van der Waals surface area (Å²) in [6, 6.07) is 7.42. The van der Waals surface area contributed by atoms with Crippen molar-refractivity contribution in [3.8, 4) is 0 Å². The Bertz CT molecular complexity index is 1170. The molecule has 0 saturated heterocycles. The van der Waals surface area contributed by atoms with Gasteiger partial charge in [-0.3, -0.25) is 18.7 Å². The Balaban J connectivity index is 1.79. The molecule has 0 fully saturated rings. The molecule has 9 heteroatoms. The van der Waals surface area contributed by atoms with Gasteiger partial charge in [-0.2, -0.15) is 0 Å². The highest BCUT2D eigenvalue weighted by Gasteiger charge is 2.12. The second kappa shape index (κ2) is 7.69. The number of thioether (sulfide) groups is 1. The minimum absolute atomic E-state index is 0.204. The fourth-order valence-electron chi connectivity index (χ4n) is 2.65. The predicted octanol–water partition coefficient (Wildman–Crippen LogP) is 2.43. The number of nitrogens with zero attached hydrogens (tertiary/aromatic N) is 3. The molecule has 0 aliphatic carbocycles. The third kappa shape index (κ3) is 3.98. The van der Waals surface area contributed by atoms with E-state index in [1.807, 2.05) is 25.1 Å². The van der Waals surface area contributed by atoms with Crippen LogP contribution in [-0.4, -0.2) is 25.8 Å². The van der Waals surface area contributed by atoms with Gasteiger partial charge in [0.25, 0.3) is 5.56 Å². The number of pyridine rings is 1. The Hall–Kier alpha value is -2.39. The molecule has 7 nitrogen and oxygen atoms in total. The fourth-order valence-corrected chi connectivity index (χ4v) is 3.93. The molecule has 0 radical (unpaired) electrons. The number of amides is 1. The van der Waals surface area contributed by atoms with Crippen LogP contribution in [0, 0.1) is 6.92 Å². The molecular formula is C18H17BrN4O3S. The van der Waals surface area contributed by atoms with E-state index in [1.165, 1.54) is 35.6 Å². The van der Waals surface area contributed by atoms with Gasteiger partial charge in [-0.1, -0.05) is 15.9 Å². The van der Waals surface area contributed by atoms with Crippen molar-refractivity contribution in [3.05, 3.63) is 61.3 Å². The van der Waals surface area contributed by atoms with E-state index in [0.717, 1.165) is 19.5 Å². The summed E-state index contributed by atoms with van der Waals surface area (Å²) in [5.41, 5.74) is 0.880. The quantitative estimate of drug-likeness (QED) is 0.619. The standard InChI is InChI=1S/C18H17BrN4O3S/c1-10-6-11(19)4-5-14(10)27-9-15(24)21-12-7-13-16(20-8-12)22(2)18(26)23(3)17(13)25/h4-8H,9H2,1-3H3,(H,21,24). The first kappa shape index (κ1) is 19.4. The SMILES string of the molecule is Cc1cc(Br)ccc1SCC(=O)Nc1cnc2c(c1)c(=O)n(C)c(=O)n2C. The minimum atomic E-state index is -0.448. The molecule has 0 atom stereocenters. The van der Waals surface area contributed by atoms with Gasteiger partial charge in [-0.15, -0.1) is 11.8 Å². The van der Waals surface area contributed by atoms with Crippen LogP contribution in [0.3, 0.4) is 0 Å². The van der Waals surface area contributed by atoms with Crippen LogP contribution in [0.15, 0.2) is 49.4 Å². The maximum Gasteiger partial charge on any atom is 0.332 e. The number of carbonyl (C=O) groups is 1. The van der Waals surface area contributed by atoms with Crippen molar-refractivity contribution in [1.29, 1.82) is 0 Å². The Morgan fingerprint density at radius 2 is 1.96 bits per heavy atom. The number of benzene rings is 1. The normalized spacial score (nSPS) is 11.0. The summed E-state index contributed by atoms with van der Waals surface area (Å²) in [5.74, 6) is 0.0244. The van der Waals surface area contributed by atoms with Gasteiger partial charge in [0.15, 0.2) is 0 Å². The van der Waals surface area contributed by atoms with Gasteiger partial charge in [-0.25, -0.2) is 9.78 Å². The van der Waals surface area contributed by atoms with Crippen molar-refractivity contribution in [1.82, 2.24) is 14.1 Å². The van der Waals surface area contributed by atoms with E-state index in [0.29, 0.717) is 5.69 Å². The first-order valence-electron chi connectivity index (χ1n) is 8.02. The summed E-state index contributed by atoms with van der Waals surface area (Å²) in [7, 11) is 2.96. The third-order valence-electron chi connectivity index (χ3n) is 4.07. The molecule has 2 aromatic heterocycles. The Morgan fingerprint density at radius 3 is 2.67 bits per heavy atom. The summed E-state index contributed by atoms with van der Waals surface area (Å²) >= 11 is 4.85. The first-order valence-corrected chi connectivity index (χ1v) is 9.80. The second-order valence-corrected chi connectivity index (χ2v) is 7.98. The fraction of sp³-hybridized carbons (Fsp3) is 0.222. The molecule has 2 heterocycles. The van der Waals surface area contributed by atoms with Crippen LogP contribution in [0.2, 0.25) is 0 Å². The number of fused-ring (bicyclic) bond motifs is 1. The molecule has 3 aromatic rings. The van der Waals surface area contributed by atoms with Crippen molar-refractivity contribution in [3.63, 3.8) is 0 Å². The van der Waals surface area contributed by atoms with Crippen LogP contribution >= 0.6 is 27.7 Å². The first-order chi connectivity index (χ1) is 12.8. The third-order valence-corrected chi connectivity index (χ3v) is 5.74. The average molecular weight is 449 g/mol. The van der Waals surface area contributed by atoms with Crippen molar-refractivity contribution in [2.75, 3.05) is 11.1 Å². The second-order valence-electron chi connectivity index (χ2n) is 6.05. The summed E-state index contributed by atoms with van der Waals surface area (Å²) < 4.78 is 3.31. The van der Waals surface area contributed by atoms with E-state index in [2.05, 4.69) is 26.2 Å². The molecule has 0 bridgehead atoms. The van der Waals surface area contributed by atoms with Crippen LogP contribution in [0.25, 0.3) is 11.0 Å². The van der Waals surface area contributed by atoms with Crippen molar-refractivity contribution in [2.24, 2.45) is 14.1 Å². The number of hydrogen-bond acceptors (Lipinski definition) is 5. The molecule has 0 spiro atoms. The summed E-state index contributed by atoms with van der Waals surface area (Å²) in [6.07, 6.45) is 1.44. The Kier molecular flexibility index (Phi) is 5.52. The van der Waals surface area contributed by atoms with Gasteiger partial charge in [0, 0.05) is 23.5 Å². The maximum absolute atomic E-state index is 12.3. The van der Waals surface area contributed by atoms with E-state index >= 15 is 0 Å². The zero-order valence-electron chi connectivity index (χ0n) is 14.9. The van der Waals surface area contributed by atoms with Crippen LogP contribution in [-0.2, 0) is 18.9 Å². The zero-order chi connectivity index (χ0) is 19.7. The van der Waals surface area contributed by atoms with Gasteiger partial charge in [0.2, 0.25) is 5.91 Å². The molecule has 0 unspecified atom stereocenters. The van der Waals surface area contributed by atoms with E-state index in [4.69, 9.17) is 0 Å². The Morgan fingerprint density at radius 1 is 1.22 bits per heavy atom. The lowest BCUT2D eigenvalue weighted by Gasteiger charge is -2.10. The largest absolute Gasteiger partial charge is 0.332 e. The number of aryl methyl sites for hydroxylation is 2. The molecular weight excluding hydrogens is 432 g/mol. The van der Waals surface area contributed by atoms with E-state index in [9.17, 15) is 14.4 Å². The van der Waals surface area contributed by atoms with Gasteiger partial charge < -0.3 is 5.32 Å². The van der Waals surface area contributed by atoms with E-state index < -0.39 is 11.2 Å². The number of hydrogen-bond donors (Lipinski definition) is 1. The number of aromatic nitrogens is 3. The summed E-state index contributed by atoms with van der Waals surface area (Å²) in [5, 5.41) is 3.02. The molecule has 0 aliphatic rings. The number of rotatable bonds is 4. The number of anilines is 1. The lowest BCUT2D eigenvalue weighted by molar-refractivity contribution is -0.113. The highest BCUT2D eigenvalue weighted by Crippen LogP contribution is 2.25. The maximum atomic E-state index is 12.3.